The van der Waals surface area contributed by atoms with Crippen LogP contribution in [0.25, 0.3) is 0 Å². The zero-order valence-electron chi connectivity index (χ0n) is 18.6. The van der Waals surface area contributed by atoms with Gasteiger partial charge in [-0.05, 0) is 48.4 Å². The quantitative estimate of drug-likeness (QED) is 0.232. The first-order valence-electron chi connectivity index (χ1n) is 10.9. The van der Waals surface area contributed by atoms with Gasteiger partial charge in [-0.25, -0.2) is 4.79 Å². The Bertz CT molecular complexity index is 1300. The van der Waals surface area contributed by atoms with E-state index in [0.29, 0.717) is 35.0 Å². The van der Waals surface area contributed by atoms with E-state index in [2.05, 4.69) is 28.9 Å². The Hall–Kier alpha value is -3.76. The van der Waals surface area contributed by atoms with E-state index in [9.17, 15) is 10.1 Å². The maximum absolute atomic E-state index is 12.7. The van der Waals surface area contributed by atoms with Gasteiger partial charge in [0.2, 0.25) is 5.88 Å². The zero-order chi connectivity index (χ0) is 24.1. The van der Waals surface area contributed by atoms with Gasteiger partial charge in [-0.3, -0.25) is 0 Å². The molecule has 1 aliphatic rings. The molecule has 4 rings (SSSR count). The molecule has 1 atom stereocenters. The van der Waals surface area contributed by atoms with E-state index in [1.54, 1.807) is 36.4 Å². The van der Waals surface area contributed by atoms with Crippen molar-refractivity contribution < 1.29 is 19.0 Å². The molecule has 0 fully saturated rings. The van der Waals surface area contributed by atoms with Crippen molar-refractivity contribution in [3.63, 3.8) is 0 Å². The minimum Gasteiger partial charge on any atom is -0.494 e. The van der Waals surface area contributed by atoms with E-state index in [4.69, 9.17) is 19.9 Å². The topological polar surface area (TPSA) is 94.6 Å². The largest absolute Gasteiger partial charge is 0.494 e. The molecule has 2 N–H and O–H groups in total. The lowest BCUT2D eigenvalue weighted by atomic mass is 9.83. The number of esters is 1. The molecule has 1 heterocycles. The number of benzene rings is 3. The summed E-state index contributed by atoms with van der Waals surface area (Å²) in [7, 11) is 0. The molecule has 7 heteroatoms. The number of rotatable bonds is 7. The lowest BCUT2D eigenvalue weighted by Crippen LogP contribution is -2.21. The van der Waals surface area contributed by atoms with Crippen molar-refractivity contribution in [1.29, 1.82) is 5.26 Å². The average molecular weight is 519 g/mol. The summed E-state index contributed by atoms with van der Waals surface area (Å²) < 4.78 is 17.9. The fraction of sp³-hybridized carbons (Fsp3) is 0.185. The summed E-state index contributed by atoms with van der Waals surface area (Å²) >= 11 is 3.48. The van der Waals surface area contributed by atoms with Gasteiger partial charge in [0.15, 0.2) is 0 Å². The van der Waals surface area contributed by atoms with Gasteiger partial charge < -0.3 is 19.9 Å². The van der Waals surface area contributed by atoms with Gasteiger partial charge in [0.05, 0.1) is 18.1 Å². The van der Waals surface area contributed by atoms with Crippen LogP contribution >= 0.6 is 15.9 Å². The Balaban J connectivity index is 1.59. The molecule has 0 radical (unpaired) electrons. The number of halogens is 1. The highest BCUT2D eigenvalue weighted by molar-refractivity contribution is 9.10. The summed E-state index contributed by atoms with van der Waals surface area (Å²) in [4.78, 5) is 12.7. The normalized spacial score (nSPS) is 14.6. The van der Waals surface area contributed by atoms with Crippen molar-refractivity contribution >= 4 is 21.9 Å². The summed E-state index contributed by atoms with van der Waals surface area (Å²) in [6, 6.07) is 21.8. The number of nitriles is 1. The molecular formula is C27H23BrN2O4. The number of hydrogen-bond donors (Lipinski definition) is 1. The molecule has 34 heavy (non-hydrogen) atoms. The molecule has 172 valence electrons. The number of unbranched alkanes of at least 4 members (excludes halogenated alkanes) is 1. The average Bonchev–Trinajstić information content (AvgIpc) is 2.83. The molecule has 3 aromatic carbocycles. The molecule has 1 aliphatic heterocycles. The van der Waals surface area contributed by atoms with Gasteiger partial charge in [0.25, 0.3) is 0 Å². The number of hydrogen-bond acceptors (Lipinski definition) is 6. The summed E-state index contributed by atoms with van der Waals surface area (Å²) in [5.41, 5.74) is 8.44. The zero-order valence-corrected chi connectivity index (χ0v) is 20.2. The van der Waals surface area contributed by atoms with Gasteiger partial charge in [-0.1, -0.05) is 53.5 Å². The van der Waals surface area contributed by atoms with E-state index in [0.717, 1.165) is 28.4 Å². The predicted octanol–water partition coefficient (Wildman–Crippen LogP) is 6.07. The fourth-order valence-electron chi connectivity index (χ4n) is 3.74. The molecule has 0 spiro atoms. The third-order valence-electron chi connectivity index (χ3n) is 5.42. The number of fused-ring (bicyclic) bond motifs is 1. The summed E-state index contributed by atoms with van der Waals surface area (Å²) in [6.07, 6.45) is 1.97. The van der Waals surface area contributed by atoms with Crippen LogP contribution in [-0.2, 0) is 0 Å². The van der Waals surface area contributed by atoms with Crippen LogP contribution in [-0.4, -0.2) is 12.6 Å². The van der Waals surface area contributed by atoms with Crippen LogP contribution in [0, 0.1) is 11.3 Å². The number of carbonyl (C=O) groups is 1. The van der Waals surface area contributed by atoms with Crippen LogP contribution in [0.1, 0.15) is 47.2 Å². The Labute approximate surface area is 206 Å². The predicted molar refractivity (Wildman–Crippen MR) is 132 cm³/mol. The Morgan fingerprint density at radius 3 is 2.71 bits per heavy atom. The molecular weight excluding hydrogens is 496 g/mol. The first kappa shape index (κ1) is 23.4. The highest BCUT2D eigenvalue weighted by Gasteiger charge is 2.31. The van der Waals surface area contributed by atoms with Crippen LogP contribution in [0.4, 0.5) is 0 Å². The number of carbonyl (C=O) groups excluding carboxylic acids is 1. The van der Waals surface area contributed by atoms with E-state index in [1.165, 1.54) is 0 Å². The fourth-order valence-corrected chi connectivity index (χ4v) is 4.16. The summed E-state index contributed by atoms with van der Waals surface area (Å²) in [5, 5.41) is 9.72. The van der Waals surface area contributed by atoms with Crippen LogP contribution in [0.5, 0.6) is 17.2 Å². The molecule has 3 aromatic rings. The molecule has 0 unspecified atom stereocenters. The molecule has 0 bridgehead atoms. The van der Waals surface area contributed by atoms with E-state index in [-0.39, 0.29) is 5.88 Å². The SMILES string of the molecule is CCCCOc1cccc(C(=O)Oc2ccc3c(c2)OC(N)=C(C#N)[C@H]3c2cccc(Br)c2)c1. The molecule has 0 aliphatic carbocycles. The van der Waals surface area contributed by atoms with Crippen molar-refractivity contribution in [2.45, 2.75) is 25.7 Å². The second-order valence-electron chi connectivity index (χ2n) is 7.80. The number of nitrogens with two attached hydrogens (primary N) is 1. The second-order valence-corrected chi connectivity index (χ2v) is 8.71. The van der Waals surface area contributed by atoms with Crippen molar-refractivity contribution in [1.82, 2.24) is 0 Å². The number of nitrogens with zero attached hydrogens (tertiary/aromatic N) is 1. The highest BCUT2D eigenvalue weighted by atomic mass is 79.9. The first-order valence-corrected chi connectivity index (χ1v) is 11.7. The monoisotopic (exact) mass is 518 g/mol. The van der Waals surface area contributed by atoms with Crippen LogP contribution in [0.2, 0.25) is 0 Å². The maximum Gasteiger partial charge on any atom is 0.343 e. The van der Waals surface area contributed by atoms with Gasteiger partial charge >= 0.3 is 5.97 Å². The van der Waals surface area contributed by atoms with Crippen molar-refractivity contribution in [3.05, 3.63) is 99.3 Å². The lowest BCUT2D eigenvalue weighted by Gasteiger charge is -2.26. The summed E-state index contributed by atoms with van der Waals surface area (Å²) in [5.74, 6) is 0.482. The Kier molecular flexibility index (Phi) is 7.19. The Morgan fingerprint density at radius 2 is 1.94 bits per heavy atom. The second kappa shape index (κ2) is 10.4. The molecule has 0 saturated carbocycles. The van der Waals surface area contributed by atoms with E-state index < -0.39 is 11.9 Å². The third-order valence-corrected chi connectivity index (χ3v) is 5.91. The van der Waals surface area contributed by atoms with Crippen molar-refractivity contribution in [3.8, 4) is 23.3 Å². The Morgan fingerprint density at radius 1 is 1.12 bits per heavy atom. The first-order chi connectivity index (χ1) is 16.5. The van der Waals surface area contributed by atoms with Gasteiger partial charge in [0, 0.05) is 16.1 Å². The standard InChI is InChI=1S/C27H23BrN2O4/c1-2-3-12-32-20-9-5-7-18(14-20)27(31)33-21-10-11-22-24(15-21)34-26(30)23(16-29)25(22)17-6-4-8-19(28)13-17/h4-11,13-15,25H,2-3,12,30H2,1H3/t25-/m0/s1. The van der Waals surface area contributed by atoms with E-state index >= 15 is 0 Å². The van der Waals surface area contributed by atoms with Crippen LogP contribution < -0.4 is 19.9 Å². The minimum atomic E-state index is -0.513. The third kappa shape index (κ3) is 5.08. The van der Waals surface area contributed by atoms with E-state index in [1.807, 2.05) is 30.3 Å². The smallest absolute Gasteiger partial charge is 0.343 e. The van der Waals surface area contributed by atoms with Crippen molar-refractivity contribution in [2.24, 2.45) is 5.73 Å². The highest BCUT2D eigenvalue weighted by Crippen LogP contribution is 2.43. The molecule has 0 aromatic heterocycles. The van der Waals surface area contributed by atoms with Crippen LogP contribution in [0.3, 0.4) is 0 Å². The van der Waals surface area contributed by atoms with Crippen molar-refractivity contribution in [2.75, 3.05) is 6.61 Å². The number of ether oxygens (including phenoxy) is 3. The molecule has 6 nitrogen and oxygen atoms in total. The lowest BCUT2D eigenvalue weighted by molar-refractivity contribution is 0.0734. The number of allylic oxidation sites excluding steroid dienone is 1. The molecule has 0 saturated heterocycles. The van der Waals surface area contributed by atoms with Gasteiger partial charge in [-0.2, -0.15) is 5.26 Å². The maximum atomic E-state index is 12.7. The molecule has 0 amide bonds. The van der Waals surface area contributed by atoms with Crippen LogP contribution in [0.15, 0.2) is 82.7 Å². The minimum absolute atomic E-state index is 0.0281. The summed E-state index contributed by atoms with van der Waals surface area (Å²) in [6.45, 7) is 2.68. The van der Waals surface area contributed by atoms with Gasteiger partial charge in [-0.15, -0.1) is 0 Å². The van der Waals surface area contributed by atoms with Gasteiger partial charge in [0.1, 0.15) is 28.9 Å².